The second-order valence-corrected chi connectivity index (χ2v) is 6.94. The number of hydrogen-bond donors (Lipinski definition) is 1. The van der Waals surface area contributed by atoms with E-state index < -0.39 is 0 Å². The van der Waals surface area contributed by atoms with Crippen molar-refractivity contribution in [1.29, 1.82) is 0 Å². The van der Waals surface area contributed by atoms with E-state index in [-0.39, 0.29) is 0 Å². The average Bonchev–Trinajstić information content (AvgIpc) is 2.51. The van der Waals surface area contributed by atoms with Gasteiger partial charge in [0, 0.05) is 6.04 Å². The molecule has 21 heavy (non-hydrogen) atoms. The summed E-state index contributed by atoms with van der Waals surface area (Å²) in [6.45, 7) is 5.79. The Labute approximate surface area is 133 Å². The zero-order valence-electron chi connectivity index (χ0n) is 14.6. The average molecular weight is 297 g/mol. The first-order valence-electron chi connectivity index (χ1n) is 9.82. The number of nitrogens with zero attached hydrogens (tertiary/aromatic N) is 1. The van der Waals surface area contributed by atoms with Gasteiger partial charge in [0.2, 0.25) is 0 Å². The van der Waals surface area contributed by atoms with Crippen molar-refractivity contribution in [2.24, 2.45) is 5.73 Å². The molecule has 0 aromatic carbocycles. The molecule has 1 unspecified atom stereocenters. The first kappa shape index (κ1) is 19.0. The Morgan fingerprint density at radius 1 is 0.857 bits per heavy atom. The number of hydrogen-bond acceptors (Lipinski definition) is 2. The molecule has 2 N–H and O–H groups in total. The van der Waals surface area contributed by atoms with Gasteiger partial charge < -0.3 is 10.6 Å². The maximum Gasteiger partial charge on any atom is 0.0107 e. The van der Waals surface area contributed by atoms with Crippen molar-refractivity contribution >= 4 is 0 Å². The molecule has 2 nitrogen and oxygen atoms in total. The Kier molecular flexibility index (Phi) is 12.3. The first-order valence-corrected chi connectivity index (χ1v) is 9.82. The number of nitrogens with two attached hydrogens (primary N) is 1. The summed E-state index contributed by atoms with van der Waals surface area (Å²) in [5, 5.41) is 0. The van der Waals surface area contributed by atoms with E-state index in [1.807, 2.05) is 0 Å². The van der Waals surface area contributed by atoms with Gasteiger partial charge in [-0.1, -0.05) is 71.1 Å². The molecule has 1 atom stereocenters. The fourth-order valence-corrected chi connectivity index (χ4v) is 3.68. The largest absolute Gasteiger partial charge is 0.330 e. The minimum Gasteiger partial charge on any atom is -0.330 e. The van der Waals surface area contributed by atoms with Gasteiger partial charge in [0.15, 0.2) is 0 Å². The zero-order valence-corrected chi connectivity index (χ0v) is 14.6. The molecule has 0 aromatic rings. The highest BCUT2D eigenvalue weighted by Crippen LogP contribution is 2.20. The van der Waals surface area contributed by atoms with E-state index in [2.05, 4.69) is 11.8 Å². The van der Waals surface area contributed by atoms with Crippen molar-refractivity contribution in [3.63, 3.8) is 0 Å². The van der Waals surface area contributed by atoms with Gasteiger partial charge in [0.1, 0.15) is 0 Å². The van der Waals surface area contributed by atoms with E-state index in [0.29, 0.717) is 0 Å². The van der Waals surface area contributed by atoms with Crippen molar-refractivity contribution < 1.29 is 0 Å². The Balaban J connectivity index is 1.91. The van der Waals surface area contributed by atoms with Crippen LogP contribution in [-0.2, 0) is 0 Å². The summed E-state index contributed by atoms with van der Waals surface area (Å²) in [5.74, 6) is 0. The van der Waals surface area contributed by atoms with E-state index in [1.165, 1.54) is 103 Å². The molecule has 1 saturated heterocycles. The topological polar surface area (TPSA) is 29.3 Å². The van der Waals surface area contributed by atoms with Crippen LogP contribution in [0.25, 0.3) is 0 Å². The van der Waals surface area contributed by atoms with E-state index in [0.717, 1.165) is 12.6 Å². The Morgan fingerprint density at radius 3 is 2.10 bits per heavy atom. The molecule has 2 heteroatoms. The molecule has 1 fully saturated rings. The monoisotopic (exact) mass is 296 g/mol. The summed E-state index contributed by atoms with van der Waals surface area (Å²) in [7, 11) is 0. The van der Waals surface area contributed by atoms with Crippen LogP contribution >= 0.6 is 0 Å². The SMILES string of the molecule is CCCCCCCCCCCCN1CCCCC1CCN. The van der Waals surface area contributed by atoms with Crippen molar-refractivity contribution in [1.82, 2.24) is 4.90 Å². The first-order chi connectivity index (χ1) is 10.4. The molecule has 0 bridgehead atoms. The second kappa shape index (κ2) is 13.6. The van der Waals surface area contributed by atoms with Gasteiger partial charge in [-0.3, -0.25) is 0 Å². The standard InChI is InChI=1S/C19H40N2/c1-2-3-4-5-6-7-8-9-10-12-17-21-18-13-11-14-19(21)15-16-20/h19H,2-18,20H2,1H3. The van der Waals surface area contributed by atoms with E-state index in [9.17, 15) is 0 Å². The second-order valence-electron chi connectivity index (χ2n) is 6.94. The van der Waals surface area contributed by atoms with Gasteiger partial charge in [-0.2, -0.15) is 0 Å². The summed E-state index contributed by atoms with van der Waals surface area (Å²) >= 11 is 0. The lowest BCUT2D eigenvalue weighted by molar-refractivity contribution is 0.139. The van der Waals surface area contributed by atoms with Gasteiger partial charge in [-0.05, 0) is 45.3 Å². The molecule has 1 heterocycles. The normalized spacial score (nSPS) is 20.0. The predicted octanol–water partition coefficient (Wildman–Crippen LogP) is 5.11. The number of likely N-dealkylation sites (tertiary alicyclic amines) is 1. The van der Waals surface area contributed by atoms with Crippen LogP contribution in [0.15, 0.2) is 0 Å². The minimum atomic E-state index is 0.794. The lowest BCUT2D eigenvalue weighted by Crippen LogP contribution is -2.41. The quantitative estimate of drug-likeness (QED) is 0.478. The van der Waals surface area contributed by atoms with Crippen LogP contribution in [0.3, 0.4) is 0 Å². The molecular formula is C19H40N2. The lowest BCUT2D eigenvalue weighted by atomic mass is 9.98. The van der Waals surface area contributed by atoms with Crippen LogP contribution in [0.1, 0.15) is 96.8 Å². The highest BCUT2D eigenvalue weighted by Gasteiger charge is 2.20. The van der Waals surface area contributed by atoms with Crippen molar-refractivity contribution in [3.8, 4) is 0 Å². The highest BCUT2D eigenvalue weighted by atomic mass is 15.2. The summed E-state index contributed by atoms with van der Waals surface area (Å²) in [5.41, 5.74) is 5.75. The zero-order chi connectivity index (χ0) is 15.2. The molecule has 126 valence electrons. The van der Waals surface area contributed by atoms with E-state index in [1.54, 1.807) is 0 Å². The third kappa shape index (κ3) is 9.52. The predicted molar refractivity (Wildman–Crippen MR) is 94.7 cm³/mol. The lowest BCUT2D eigenvalue weighted by Gasteiger charge is -2.35. The fourth-order valence-electron chi connectivity index (χ4n) is 3.68. The minimum absolute atomic E-state index is 0.794. The Hall–Kier alpha value is -0.0800. The molecule has 0 amide bonds. The molecule has 0 aliphatic carbocycles. The molecule has 1 aliphatic rings. The molecule has 0 saturated carbocycles. The molecule has 0 spiro atoms. The Bertz CT molecular complexity index is 216. The molecule has 1 aliphatic heterocycles. The fraction of sp³-hybridized carbons (Fsp3) is 1.00. The third-order valence-electron chi connectivity index (χ3n) is 5.05. The number of piperidine rings is 1. The van der Waals surface area contributed by atoms with Gasteiger partial charge in [-0.15, -0.1) is 0 Å². The maximum atomic E-state index is 5.75. The number of rotatable bonds is 13. The smallest absolute Gasteiger partial charge is 0.0107 e. The van der Waals surface area contributed by atoms with Crippen LogP contribution in [0.2, 0.25) is 0 Å². The van der Waals surface area contributed by atoms with Gasteiger partial charge in [0.05, 0.1) is 0 Å². The molecule has 0 radical (unpaired) electrons. The highest BCUT2D eigenvalue weighted by molar-refractivity contribution is 4.77. The van der Waals surface area contributed by atoms with Gasteiger partial charge in [-0.25, -0.2) is 0 Å². The van der Waals surface area contributed by atoms with Gasteiger partial charge in [0.25, 0.3) is 0 Å². The van der Waals surface area contributed by atoms with Crippen molar-refractivity contribution in [3.05, 3.63) is 0 Å². The molecule has 1 rings (SSSR count). The maximum absolute atomic E-state index is 5.75. The van der Waals surface area contributed by atoms with Gasteiger partial charge >= 0.3 is 0 Å². The summed E-state index contributed by atoms with van der Waals surface area (Å²) < 4.78 is 0. The van der Waals surface area contributed by atoms with Crippen molar-refractivity contribution in [2.45, 2.75) is 103 Å². The van der Waals surface area contributed by atoms with Crippen LogP contribution < -0.4 is 5.73 Å². The summed E-state index contributed by atoms with van der Waals surface area (Å²) in [6, 6.07) is 0.794. The van der Waals surface area contributed by atoms with Crippen LogP contribution in [0.5, 0.6) is 0 Å². The summed E-state index contributed by atoms with van der Waals surface area (Å²) in [4.78, 5) is 2.72. The Morgan fingerprint density at radius 2 is 1.48 bits per heavy atom. The van der Waals surface area contributed by atoms with Crippen LogP contribution in [0.4, 0.5) is 0 Å². The van der Waals surface area contributed by atoms with Crippen LogP contribution in [-0.4, -0.2) is 30.6 Å². The van der Waals surface area contributed by atoms with E-state index >= 15 is 0 Å². The third-order valence-corrected chi connectivity index (χ3v) is 5.05. The molecule has 0 aromatic heterocycles. The van der Waals surface area contributed by atoms with Crippen molar-refractivity contribution in [2.75, 3.05) is 19.6 Å². The van der Waals surface area contributed by atoms with Crippen LogP contribution in [0, 0.1) is 0 Å². The van der Waals surface area contributed by atoms with E-state index in [4.69, 9.17) is 5.73 Å². The number of unbranched alkanes of at least 4 members (excludes halogenated alkanes) is 9. The summed E-state index contributed by atoms with van der Waals surface area (Å²) in [6.07, 6.45) is 19.8. The molecular weight excluding hydrogens is 256 g/mol.